The minimum Gasteiger partial charge on any atom is -0.454 e. The van der Waals surface area contributed by atoms with E-state index in [9.17, 15) is 0 Å². The van der Waals surface area contributed by atoms with Crippen molar-refractivity contribution in [2.75, 3.05) is 9.71 Å². The summed E-state index contributed by atoms with van der Waals surface area (Å²) in [5.74, 6) is 1.76. The summed E-state index contributed by atoms with van der Waals surface area (Å²) in [4.78, 5) is 5.16. The van der Waals surface area contributed by atoms with Crippen LogP contribution in [0.15, 0.2) is 126 Å². The predicted octanol–water partition coefficient (Wildman–Crippen LogP) is 12.2. The largest absolute Gasteiger partial charge is 0.454 e. The van der Waals surface area contributed by atoms with E-state index in [1.165, 1.54) is 67.3 Å². The van der Waals surface area contributed by atoms with E-state index in [-0.39, 0.29) is 17.7 Å². The van der Waals surface area contributed by atoms with Crippen LogP contribution in [-0.4, -0.2) is 6.85 Å². The Morgan fingerprint density at radius 1 is 0.593 bits per heavy atom. The van der Waals surface area contributed by atoms with Crippen molar-refractivity contribution in [1.29, 1.82) is 0 Å². The normalized spacial score (nSPS) is 16.8. The number of aryl methyl sites for hydroxylation is 1. The minimum absolute atomic E-state index is 0.0465. The van der Waals surface area contributed by atoms with Gasteiger partial charge in [-0.3, -0.25) is 0 Å². The lowest BCUT2D eigenvalue weighted by Gasteiger charge is -2.48. The van der Waals surface area contributed by atoms with E-state index in [1.54, 1.807) is 0 Å². The molecule has 1 aromatic heterocycles. The third-order valence-corrected chi connectivity index (χ3v) is 13.2. The Labute approximate surface area is 315 Å². The van der Waals surface area contributed by atoms with Gasteiger partial charge in [0.15, 0.2) is 11.3 Å². The Hall–Kier alpha value is -5.94. The number of hydrogen-bond acceptors (Lipinski definition) is 4. The first-order chi connectivity index (χ1) is 26.2. The molecule has 7 aromatic carbocycles. The van der Waals surface area contributed by atoms with Crippen LogP contribution < -0.4 is 25.4 Å². The molecule has 0 saturated carbocycles. The topological polar surface area (TPSA) is 28.9 Å². The van der Waals surface area contributed by atoms with E-state index >= 15 is 0 Å². The lowest BCUT2D eigenvalue weighted by molar-refractivity contribution is 0.332. The van der Waals surface area contributed by atoms with E-state index in [4.69, 9.17) is 9.15 Å². The van der Waals surface area contributed by atoms with Crippen LogP contribution in [-0.2, 0) is 10.8 Å². The summed E-state index contributed by atoms with van der Waals surface area (Å²) in [6, 6.07) is 44.6. The quantitative estimate of drug-likeness (QED) is 0.160. The Bertz CT molecular complexity index is 2970. The number of ether oxygens (including phenoxy) is 1. The van der Waals surface area contributed by atoms with Crippen LogP contribution >= 0.6 is 0 Å². The maximum absolute atomic E-state index is 7.06. The van der Waals surface area contributed by atoms with Gasteiger partial charge in [0.05, 0.1) is 22.7 Å². The van der Waals surface area contributed by atoms with Crippen LogP contribution in [0, 0.1) is 6.92 Å². The zero-order chi connectivity index (χ0) is 36.2. The van der Waals surface area contributed by atoms with Gasteiger partial charge in [-0.1, -0.05) is 113 Å². The molecule has 0 radical (unpaired) electrons. The SMILES string of the molecule is Cc1cc2c(cc1N1c3c4c(cc5ccccc35)-c3cccc5c3N(B4c3ccc4c(oc6ccccc64)c31)c1ccccc1O5)C(C)(C)CCC2(C)C. The van der Waals surface area contributed by atoms with Gasteiger partial charge < -0.3 is 18.9 Å². The van der Waals surface area contributed by atoms with Gasteiger partial charge >= 0.3 is 6.85 Å². The highest BCUT2D eigenvalue weighted by Gasteiger charge is 2.50. The maximum atomic E-state index is 7.06. The number of hydrogen-bond donors (Lipinski definition) is 0. The zero-order valence-electron chi connectivity index (χ0n) is 31.2. The zero-order valence-corrected chi connectivity index (χ0v) is 31.2. The molecule has 0 fully saturated rings. The van der Waals surface area contributed by atoms with Crippen molar-refractivity contribution < 1.29 is 9.15 Å². The second kappa shape index (κ2) is 10.2. The molecule has 0 atom stereocenters. The summed E-state index contributed by atoms with van der Waals surface area (Å²) in [5, 5.41) is 4.72. The van der Waals surface area contributed by atoms with Crippen LogP contribution in [0.5, 0.6) is 11.5 Å². The number of nitrogens with zero attached hydrogens (tertiary/aromatic N) is 2. The monoisotopic (exact) mass is 698 g/mol. The fraction of sp³-hybridized carbons (Fsp3) is 0.184. The van der Waals surface area contributed by atoms with Crippen molar-refractivity contribution in [3.05, 3.63) is 138 Å². The average molecular weight is 699 g/mol. The van der Waals surface area contributed by atoms with Crippen molar-refractivity contribution >= 4 is 78.9 Å². The Balaban J connectivity index is 1.29. The molecule has 0 unspecified atom stereocenters. The Morgan fingerprint density at radius 3 is 2.17 bits per heavy atom. The Kier molecular flexibility index (Phi) is 5.75. The second-order valence-electron chi connectivity index (χ2n) is 17.2. The number of fused-ring (bicyclic) bond motifs is 13. The molecule has 0 N–H and O–H groups in total. The van der Waals surface area contributed by atoms with E-state index in [2.05, 4.69) is 166 Å². The summed E-state index contributed by atoms with van der Waals surface area (Å²) in [6.45, 7) is 11.9. The third-order valence-electron chi connectivity index (χ3n) is 13.2. The van der Waals surface area contributed by atoms with Gasteiger partial charge in [0.1, 0.15) is 11.3 Å². The first kappa shape index (κ1) is 30.5. The fourth-order valence-corrected chi connectivity index (χ4v) is 10.4. The first-order valence-corrected chi connectivity index (χ1v) is 19.3. The van der Waals surface area contributed by atoms with E-state index < -0.39 is 0 Å². The van der Waals surface area contributed by atoms with E-state index in [1.807, 2.05) is 0 Å². The van der Waals surface area contributed by atoms with E-state index in [0.29, 0.717) is 0 Å². The van der Waals surface area contributed by atoms with Gasteiger partial charge in [-0.15, -0.1) is 0 Å². The van der Waals surface area contributed by atoms with Crippen molar-refractivity contribution in [3.8, 4) is 22.6 Å². The molecule has 0 bridgehead atoms. The van der Waals surface area contributed by atoms with E-state index in [0.717, 1.165) is 56.9 Å². The molecule has 4 heterocycles. The standard InChI is InChI=1S/C49H39BN2O2/c1-28-25-35-36(49(4,5)24-23-48(35,2)3)27-39(28)51-45-30-14-7-6-13-29(30)26-34-32-16-12-20-42-44(32)52(38-17-9-11-19-41(38)53-42)50(43(34)45)37-22-21-33-31-15-8-10-18-40(31)54-47(33)46(37)51/h6-22,25-27H,23-24H2,1-5H3. The smallest absolute Gasteiger partial charge is 0.333 e. The number of furan rings is 1. The first-order valence-electron chi connectivity index (χ1n) is 19.3. The highest BCUT2D eigenvalue weighted by molar-refractivity contribution is 6.94. The molecule has 8 aromatic rings. The van der Waals surface area contributed by atoms with Gasteiger partial charge in [-0.25, -0.2) is 0 Å². The highest BCUT2D eigenvalue weighted by Crippen LogP contribution is 2.58. The molecule has 260 valence electrons. The second-order valence-corrected chi connectivity index (χ2v) is 17.2. The molecule has 1 aliphatic carbocycles. The van der Waals surface area contributed by atoms with Gasteiger partial charge in [-0.05, 0) is 106 Å². The molecule has 4 aliphatic rings. The van der Waals surface area contributed by atoms with Gasteiger partial charge in [0.2, 0.25) is 0 Å². The molecule has 54 heavy (non-hydrogen) atoms. The number of para-hydroxylation sites is 4. The molecule has 3 aliphatic heterocycles. The minimum atomic E-state index is -0.129. The summed E-state index contributed by atoms with van der Waals surface area (Å²) in [5.41, 5.74) is 16.9. The van der Waals surface area contributed by atoms with Crippen molar-refractivity contribution in [3.63, 3.8) is 0 Å². The molecular weight excluding hydrogens is 659 g/mol. The summed E-state index contributed by atoms with van der Waals surface area (Å²) in [6.07, 6.45) is 2.33. The predicted molar refractivity (Wildman–Crippen MR) is 225 cm³/mol. The fourth-order valence-electron chi connectivity index (χ4n) is 10.4. The van der Waals surface area contributed by atoms with Gasteiger partial charge in [0, 0.05) is 27.4 Å². The molecule has 12 rings (SSSR count). The molecular formula is C49H39BN2O2. The number of benzene rings is 7. The molecule has 0 spiro atoms. The lowest BCUT2D eigenvalue weighted by atomic mass is 9.43. The van der Waals surface area contributed by atoms with Crippen molar-refractivity contribution in [2.45, 2.75) is 58.3 Å². The van der Waals surface area contributed by atoms with Crippen LogP contribution in [0.3, 0.4) is 0 Å². The van der Waals surface area contributed by atoms with Crippen LogP contribution in [0.4, 0.5) is 28.4 Å². The average Bonchev–Trinajstić information content (AvgIpc) is 3.56. The maximum Gasteiger partial charge on any atom is 0.333 e. The summed E-state index contributed by atoms with van der Waals surface area (Å²) >= 11 is 0. The van der Waals surface area contributed by atoms with Gasteiger partial charge in [0.25, 0.3) is 0 Å². The van der Waals surface area contributed by atoms with Crippen LogP contribution in [0.25, 0.3) is 43.8 Å². The molecule has 5 heteroatoms. The number of anilines is 5. The third kappa shape index (κ3) is 3.79. The summed E-state index contributed by atoms with van der Waals surface area (Å²) < 4.78 is 13.7. The number of rotatable bonds is 1. The van der Waals surface area contributed by atoms with Crippen LogP contribution in [0.1, 0.15) is 57.2 Å². The molecule has 0 amide bonds. The van der Waals surface area contributed by atoms with Crippen molar-refractivity contribution in [2.24, 2.45) is 0 Å². The molecule has 0 saturated heterocycles. The van der Waals surface area contributed by atoms with Gasteiger partial charge in [-0.2, -0.15) is 0 Å². The van der Waals surface area contributed by atoms with Crippen LogP contribution in [0.2, 0.25) is 0 Å². The van der Waals surface area contributed by atoms with Crippen molar-refractivity contribution in [1.82, 2.24) is 0 Å². The molecule has 4 nitrogen and oxygen atoms in total. The Morgan fingerprint density at radius 2 is 1.31 bits per heavy atom. The lowest BCUT2D eigenvalue weighted by Crippen LogP contribution is -2.62. The summed E-state index contributed by atoms with van der Waals surface area (Å²) in [7, 11) is 0. The highest BCUT2D eigenvalue weighted by atomic mass is 16.5.